The minimum absolute atomic E-state index is 0.216. The Morgan fingerprint density at radius 2 is 2.10 bits per heavy atom. The van der Waals surface area contributed by atoms with Crippen LogP contribution in [0, 0.1) is 17.1 Å². The van der Waals surface area contributed by atoms with Crippen LogP contribution in [-0.2, 0) is 0 Å². The Morgan fingerprint density at radius 3 is 2.90 bits per heavy atom. The van der Waals surface area contributed by atoms with E-state index in [-0.39, 0.29) is 11.3 Å². The molecule has 0 aliphatic carbocycles. The summed E-state index contributed by atoms with van der Waals surface area (Å²) in [7, 11) is 0. The lowest BCUT2D eigenvalue weighted by molar-refractivity contribution is 0.563. The highest BCUT2D eigenvalue weighted by Gasteiger charge is 2.14. The first-order valence-corrected chi connectivity index (χ1v) is 10.0. The average molecular weight is 468 g/mol. The van der Waals surface area contributed by atoms with Gasteiger partial charge in [0, 0.05) is 21.4 Å². The summed E-state index contributed by atoms with van der Waals surface area (Å²) in [4.78, 5) is 16.7. The monoisotopic (exact) mass is 467 g/mol. The molecule has 0 aliphatic heterocycles. The van der Waals surface area contributed by atoms with E-state index in [4.69, 9.17) is 4.42 Å². The normalized spacial score (nSPS) is 11.4. The number of hydrogen-bond acceptors (Lipinski definition) is 6. The Labute approximate surface area is 176 Å². The van der Waals surface area contributed by atoms with Crippen LogP contribution in [0.1, 0.15) is 5.01 Å². The summed E-state index contributed by atoms with van der Waals surface area (Å²) < 4.78 is 19.9. The first-order valence-electron chi connectivity index (χ1n) is 8.36. The molecule has 0 fully saturated rings. The fourth-order valence-electron chi connectivity index (χ4n) is 2.66. The van der Waals surface area contributed by atoms with Gasteiger partial charge in [-0.15, -0.1) is 11.3 Å². The Bertz CT molecular complexity index is 1350. The van der Waals surface area contributed by atoms with E-state index in [1.165, 1.54) is 23.6 Å². The summed E-state index contributed by atoms with van der Waals surface area (Å²) in [5.74, 6) is -0.457. The van der Waals surface area contributed by atoms with Crippen molar-refractivity contribution in [1.82, 2.24) is 4.98 Å². The van der Waals surface area contributed by atoms with Crippen LogP contribution in [0.4, 0.5) is 10.1 Å². The highest BCUT2D eigenvalue weighted by molar-refractivity contribution is 9.10. The maximum absolute atomic E-state index is 13.9. The van der Waals surface area contributed by atoms with Crippen molar-refractivity contribution in [2.75, 3.05) is 5.32 Å². The van der Waals surface area contributed by atoms with Gasteiger partial charge in [0.1, 0.15) is 28.1 Å². The summed E-state index contributed by atoms with van der Waals surface area (Å²) in [6.07, 6.45) is 1.39. The number of nitrogens with one attached hydrogen (secondary N) is 1. The highest BCUT2D eigenvalue weighted by Crippen LogP contribution is 2.27. The molecule has 0 bridgehead atoms. The summed E-state index contributed by atoms with van der Waals surface area (Å²) in [5, 5.41) is 15.1. The molecule has 4 rings (SSSR count). The van der Waals surface area contributed by atoms with Crippen molar-refractivity contribution in [2.24, 2.45) is 0 Å². The van der Waals surface area contributed by atoms with Crippen molar-refractivity contribution in [2.45, 2.75) is 0 Å². The van der Waals surface area contributed by atoms with Gasteiger partial charge < -0.3 is 9.73 Å². The largest absolute Gasteiger partial charge is 0.422 e. The van der Waals surface area contributed by atoms with Gasteiger partial charge in [0.25, 0.3) is 0 Å². The van der Waals surface area contributed by atoms with Gasteiger partial charge >= 0.3 is 5.63 Å². The zero-order valence-electron chi connectivity index (χ0n) is 14.6. The molecule has 0 saturated heterocycles. The molecule has 4 aromatic rings. The maximum Gasteiger partial charge on any atom is 0.345 e. The predicted molar refractivity (Wildman–Crippen MR) is 115 cm³/mol. The number of nitrogens with zero attached hydrogens (tertiary/aromatic N) is 2. The van der Waals surface area contributed by atoms with E-state index in [2.05, 4.69) is 26.2 Å². The molecule has 2 aromatic carbocycles. The topological polar surface area (TPSA) is 78.9 Å². The molecule has 0 unspecified atom stereocenters. The smallest absolute Gasteiger partial charge is 0.345 e. The summed E-state index contributed by atoms with van der Waals surface area (Å²) >= 11 is 4.40. The first-order chi connectivity index (χ1) is 14.0. The molecule has 8 heteroatoms. The number of nitriles is 1. The Kier molecular flexibility index (Phi) is 5.25. The molecule has 2 heterocycles. The van der Waals surface area contributed by atoms with Crippen LogP contribution in [0.3, 0.4) is 0 Å². The molecule has 142 valence electrons. The number of rotatable bonds is 4. The van der Waals surface area contributed by atoms with Gasteiger partial charge in [0.2, 0.25) is 0 Å². The number of fused-ring (bicyclic) bond motifs is 1. The number of anilines is 1. The zero-order valence-corrected chi connectivity index (χ0v) is 17.1. The minimum Gasteiger partial charge on any atom is -0.422 e. The van der Waals surface area contributed by atoms with E-state index < -0.39 is 11.4 Å². The molecule has 0 atom stereocenters. The number of aromatic nitrogens is 1. The zero-order chi connectivity index (χ0) is 20.4. The van der Waals surface area contributed by atoms with Crippen molar-refractivity contribution in [1.29, 1.82) is 5.26 Å². The molecule has 0 aliphatic rings. The maximum atomic E-state index is 13.9. The van der Waals surface area contributed by atoms with Crippen LogP contribution >= 0.6 is 27.3 Å². The number of halogens is 2. The third kappa shape index (κ3) is 3.97. The summed E-state index contributed by atoms with van der Waals surface area (Å²) in [6.45, 7) is 0. The molecule has 0 amide bonds. The predicted octanol–water partition coefficient (Wildman–Crippen LogP) is 5.79. The van der Waals surface area contributed by atoms with Crippen LogP contribution in [0.25, 0.3) is 27.8 Å². The molecular formula is C21H11BrFN3O2S. The summed E-state index contributed by atoms with van der Waals surface area (Å²) in [5.41, 5.74) is 1.17. The number of benzene rings is 2. The highest BCUT2D eigenvalue weighted by atomic mass is 79.9. The third-order valence-electron chi connectivity index (χ3n) is 4.08. The standard InChI is InChI=1S/C21H11BrFN3O2S/c22-14-5-6-17(16(23)8-14)25-10-13(9-24)20-26-18(11-29-20)15-7-12-3-1-2-4-19(12)28-21(15)27/h1-8,10-11,25H/b13-10+. The van der Waals surface area contributed by atoms with Crippen LogP contribution in [0.2, 0.25) is 0 Å². The molecule has 1 N–H and O–H groups in total. The van der Waals surface area contributed by atoms with Gasteiger partial charge in [0.15, 0.2) is 0 Å². The molecule has 5 nitrogen and oxygen atoms in total. The van der Waals surface area contributed by atoms with E-state index in [9.17, 15) is 14.4 Å². The van der Waals surface area contributed by atoms with Gasteiger partial charge in [-0.25, -0.2) is 14.2 Å². The average Bonchev–Trinajstić information content (AvgIpc) is 3.19. The molecule has 29 heavy (non-hydrogen) atoms. The lowest BCUT2D eigenvalue weighted by Gasteiger charge is -2.03. The van der Waals surface area contributed by atoms with Gasteiger partial charge in [0.05, 0.1) is 16.9 Å². The number of hydrogen-bond donors (Lipinski definition) is 1. The van der Waals surface area contributed by atoms with Crippen LogP contribution in [0.5, 0.6) is 0 Å². The number of thiazole rings is 1. The van der Waals surface area contributed by atoms with Gasteiger partial charge in [-0.2, -0.15) is 5.26 Å². The van der Waals surface area contributed by atoms with E-state index in [0.717, 1.165) is 5.39 Å². The van der Waals surface area contributed by atoms with Crippen LogP contribution < -0.4 is 10.9 Å². The molecule has 2 aromatic heterocycles. The Balaban J connectivity index is 1.66. The van der Waals surface area contributed by atoms with Crippen molar-refractivity contribution in [3.8, 4) is 17.3 Å². The van der Waals surface area contributed by atoms with Crippen molar-refractivity contribution in [3.63, 3.8) is 0 Å². The molecule has 0 spiro atoms. The number of allylic oxidation sites excluding steroid dienone is 1. The van der Waals surface area contributed by atoms with Crippen LogP contribution in [0.15, 0.2) is 73.8 Å². The fourth-order valence-corrected chi connectivity index (χ4v) is 3.78. The van der Waals surface area contributed by atoms with E-state index in [1.54, 1.807) is 35.7 Å². The first kappa shape index (κ1) is 19.1. The summed E-state index contributed by atoms with van der Waals surface area (Å²) in [6, 6.07) is 15.5. The second-order valence-corrected chi connectivity index (χ2v) is 7.74. The van der Waals surface area contributed by atoms with Gasteiger partial charge in [-0.05, 0) is 30.3 Å². The van der Waals surface area contributed by atoms with Crippen molar-refractivity contribution < 1.29 is 8.81 Å². The minimum atomic E-state index is -0.502. The fraction of sp³-hybridized carbons (Fsp3) is 0. The Morgan fingerprint density at radius 1 is 1.28 bits per heavy atom. The van der Waals surface area contributed by atoms with E-state index >= 15 is 0 Å². The molecule has 0 saturated carbocycles. The van der Waals surface area contributed by atoms with E-state index in [1.807, 2.05) is 18.2 Å². The lowest BCUT2D eigenvalue weighted by Crippen LogP contribution is -2.02. The van der Waals surface area contributed by atoms with E-state index in [0.29, 0.717) is 26.3 Å². The lowest BCUT2D eigenvalue weighted by atomic mass is 10.1. The quantitative estimate of drug-likeness (QED) is 0.303. The van der Waals surface area contributed by atoms with Gasteiger partial charge in [-0.3, -0.25) is 0 Å². The second kappa shape index (κ2) is 7.99. The third-order valence-corrected chi connectivity index (χ3v) is 5.44. The molecular weight excluding hydrogens is 457 g/mol. The Hall–Kier alpha value is -3.28. The molecule has 0 radical (unpaired) electrons. The second-order valence-electron chi connectivity index (χ2n) is 5.96. The van der Waals surface area contributed by atoms with Crippen molar-refractivity contribution in [3.05, 3.63) is 85.8 Å². The van der Waals surface area contributed by atoms with Crippen LogP contribution in [-0.4, -0.2) is 4.98 Å². The SMILES string of the molecule is N#C/C(=C\Nc1ccc(Br)cc1F)c1nc(-c2cc3ccccc3oc2=O)cs1. The van der Waals surface area contributed by atoms with Crippen molar-refractivity contribution >= 4 is 49.5 Å². The van der Waals surface area contributed by atoms with Gasteiger partial charge in [-0.1, -0.05) is 34.1 Å². The number of para-hydroxylation sites is 1.